The maximum Gasteiger partial charge on any atom is 0.170 e. The molecular formula is C14H11N3O. The highest BCUT2D eigenvalue weighted by atomic mass is 16.1. The first-order chi connectivity index (χ1) is 8.78. The average molecular weight is 237 g/mol. The molecule has 4 nitrogen and oxygen atoms in total. The van der Waals surface area contributed by atoms with Crippen LogP contribution in [-0.2, 0) is 0 Å². The first-order valence-electron chi connectivity index (χ1n) is 5.65. The summed E-state index contributed by atoms with van der Waals surface area (Å²) in [4.78, 5) is 15.0. The molecule has 0 unspecified atom stereocenters. The fourth-order valence-corrected chi connectivity index (χ4v) is 1.91. The highest BCUT2D eigenvalue weighted by Gasteiger charge is 2.07. The van der Waals surface area contributed by atoms with Gasteiger partial charge in [0.2, 0.25) is 0 Å². The SMILES string of the molecule is Cc1ccc(-c2ccnc3cc(C=O)nn23)cc1. The Morgan fingerprint density at radius 2 is 1.94 bits per heavy atom. The fraction of sp³-hybridized carbons (Fsp3) is 0.0714. The van der Waals surface area contributed by atoms with E-state index in [0.29, 0.717) is 11.3 Å². The molecule has 18 heavy (non-hydrogen) atoms. The van der Waals surface area contributed by atoms with E-state index < -0.39 is 0 Å². The van der Waals surface area contributed by atoms with Crippen LogP contribution in [0.25, 0.3) is 16.9 Å². The quantitative estimate of drug-likeness (QED) is 0.643. The predicted octanol–water partition coefficient (Wildman–Crippen LogP) is 2.52. The van der Waals surface area contributed by atoms with E-state index in [1.54, 1.807) is 16.8 Å². The Labute approximate surface area is 104 Å². The third kappa shape index (κ3) is 1.68. The normalized spacial score (nSPS) is 10.7. The zero-order chi connectivity index (χ0) is 12.5. The molecule has 0 aliphatic carbocycles. The molecule has 0 fully saturated rings. The first kappa shape index (κ1) is 10.7. The van der Waals surface area contributed by atoms with E-state index in [9.17, 15) is 4.79 Å². The molecule has 0 radical (unpaired) electrons. The van der Waals surface area contributed by atoms with Gasteiger partial charge in [-0.2, -0.15) is 5.10 Å². The fourth-order valence-electron chi connectivity index (χ4n) is 1.91. The predicted molar refractivity (Wildman–Crippen MR) is 68.5 cm³/mol. The van der Waals surface area contributed by atoms with Gasteiger partial charge >= 0.3 is 0 Å². The van der Waals surface area contributed by atoms with Crippen molar-refractivity contribution in [3.8, 4) is 11.3 Å². The number of hydrogen-bond acceptors (Lipinski definition) is 3. The van der Waals surface area contributed by atoms with Gasteiger partial charge in [-0.05, 0) is 13.0 Å². The minimum Gasteiger partial charge on any atom is -0.296 e. The Morgan fingerprint density at radius 1 is 1.17 bits per heavy atom. The Hall–Kier alpha value is -2.49. The molecule has 0 amide bonds. The second kappa shape index (κ2) is 4.07. The molecule has 2 aromatic heterocycles. The summed E-state index contributed by atoms with van der Waals surface area (Å²) in [6.45, 7) is 2.05. The summed E-state index contributed by atoms with van der Waals surface area (Å²) in [7, 11) is 0. The van der Waals surface area contributed by atoms with Crippen molar-refractivity contribution in [1.29, 1.82) is 0 Å². The van der Waals surface area contributed by atoms with Gasteiger partial charge in [0, 0.05) is 17.8 Å². The number of hydrogen-bond donors (Lipinski definition) is 0. The monoisotopic (exact) mass is 237 g/mol. The van der Waals surface area contributed by atoms with Crippen molar-refractivity contribution >= 4 is 11.9 Å². The molecular weight excluding hydrogens is 226 g/mol. The summed E-state index contributed by atoms with van der Waals surface area (Å²) >= 11 is 0. The molecule has 4 heteroatoms. The Bertz CT molecular complexity index is 713. The number of aldehydes is 1. The average Bonchev–Trinajstić information content (AvgIpc) is 2.82. The van der Waals surface area contributed by atoms with Gasteiger partial charge < -0.3 is 0 Å². The number of aryl methyl sites for hydroxylation is 1. The lowest BCUT2D eigenvalue weighted by Crippen LogP contribution is -1.96. The number of aromatic nitrogens is 3. The van der Waals surface area contributed by atoms with Crippen LogP contribution in [0.3, 0.4) is 0 Å². The van der Waals surface area contributed by atoms with E-state index in [1.807, 2.05) is 37.3 Å². The zero-order valence-electron chi connectivity index (χ0n) is 9.87. The first-order valence-corrected chi connectivity index (χ1v) is 5.65. The molecule has 0 saturated heterocycles. The Balaban J connectivity index is 2.25. The van der Waals surface area contributed by atoms with Gasteiger partial charge in [0.05, 0.1) is 5.69 Å². The van der Waals surface area contributed by atoms with Crippen molar-refractivity contribution in [2.24, 2.45) is 0 Å². The number of benzene rings is 1. The van der Waals surface area contributed by atoms with Crippen molar-refractivity contribution in [2.75, 3.05) is 0 Å². The van der Waals surface area contributed by atoms with Gasteiger partial charge in [0.25, 0.3) is 0 Å². The molecule has 0 bridgehead atoms. The molecule has 88 valence electrons. The molecule has 0 aliphatic rings. The number of carbonyl (C=O) groups excluding carboxylic acids is 1. The lowest BCUT2D eigenvalue weighted by Gasteiger charge is -2.04. The van der Waals surface area contributed by atoms with Crippen LogP contribution in [0, 0.1) is 6.92 Å². The smallest absolute Gasteiger partial charge is 0.170 e. The zero-order valence-corrected chi connectivity index (χ0v) is 9.87. The summed E-state index contributed by atoms with van der Waals surface area (Å²) in [5.41, 5.74) is 4.25. The summed E-state index contributed by atoms with van der Waals surface area (Å²) in [5.74, 6) is 0. The van der Waals surface area contributed by atoms with E-state index in [-0.39, 0.29) is 0 Å². The van der Waals surface area contributed by atoms with Gasteiger partial charge in [-0.15, -0.1) is 0 Å². The molecule has 3 rings (SSSR count). The molecule has 1 aromatic carbocycles. The van der Waals surface area contributed by atoms with Crippen molar-refractivity contribution < 1.29 is 4.79 Å². The number of nitrogens with zero attached hydrogens (tertiary/aromatic N) is 3. The molecule has 0 spiro atoms. The summed E-state index contributed by atoms with van der Waals surface area (Å²) < 4.78 is 1.69. The topological polar surface area (TPSA) is 47.3 Å². The highest BCUT2D eigenvalue weighted by Crippen LogP contribution is 2.20. The molecule has 0 saturated carbocycles. The van der Waals surface area contributed by atoms with Gasteiger partial charge in [-0.25, -0.2) is 9.50 Å². The van der Waals surface area contributed by atoms with Crippen LogP contribution < -0.4 is 0 Å². The molecule has 0 N–H and O–H groups in total. The molecule has 0 atom stereocenters. The van der Waals surface area contributed by atoms with E-state index in [2.05, 4.69) is 10.1 Å². The summed E-state index contributed by atoms with van der Waals surface area (Å²) in [6, 6.07) is 11.7. The van der Waals surface area contributed by atoms with Crippen LogP contribution in [0.5, 0.6) is 0 Å². The van der Waals surface area contributed by atoms with Crippen LogP contribution in [0.2, 0.25) is 0 Å². The van der Waals surface area contributed by atoms with Crippen LogP contribution in [0.1, 0.15) is 16.1 Å². The maximum atomic E-state index is 10.8. The Morgan fingerprint density at radius 3 is 2.67 bits per heavy atom. The minimum absolute atomic E-state index is 0.391. The van der Waals surface area contributed by atoms with Crippen molar-refractivity contribution in [3.63, 3.8) is 0 Å². The number of carbonyl (C=O) groups is 1. The van der Waals surface area contributed by atoms with E-state index >= 15 is 0 Å². The Kier molecular flexibility index (Phi) is 2.41. The number of fused-ring (bicyclic) bond motifs is 1. The standard InChI is InChI=1S/C14H11N3O/c1-10-2-4-11(5-3-10)13-6-7-15-14-8-12(9-18)16-17(13)14/h2-9H,1H3. The number of rotatable bonds is 2. The lowest BCUT2D eigenvalue weighted by atomic mass is 10.1. The van der Waals surface area contributed by atoms with Gasteiger partial charge in [0.1, 0.15) is 5.69 Å². The lowest BCUT2D eigenvalue weighted by molar-refractivity contribution is 0.111. The van der Waals surface area contributed by atoms with Crippen LogP contribution in [0.4, 0.5) is 0 Å². The second-order valence-electron chi connectivity index (χ2n) is 4.15. The third-order valence-electron chi connectivity index (χ3n) is 2.84. The van der Waals surface area contributed by atoms with Crippen LogP contribution in [-0.4, -0.2) is 20.9 Å². The van der Waals surface area contributed by atoms with E-state index in [1.165, 1.54) is 5.56 Å². The minimum atomic E-state index is 0.391. The van der Waals surface area contributed by atoms with E-state index in [0.717, 1.165) is 17.5 Å². The van der Waals surface area contributed by atoms with Gasteiger partial charge in [0.15, 0.2) is 11.9 Å². The van der Waals surface area contributed by atoms with Crippen LogP contribution in [0.15, 0.2) is 42.6 Å². The van der Waals surface area contributed by atoms with Crippen LogP contribution >= 0.6 is 0 Å². The second-order valence-corrected chi connectivity index (χ2v) is 4.15. The largest absolute Gasteiger partial charge is 0.296 e. The van der Waals surface area contributed by atoms with E-state index in [4.69, 9.17) is 0 Å². The maximum absolute atomic E-state index is 10.8. The van der Waals surface area contributed by atoms with Gasteiger partial charge in [-0.3, -0.25) is 4.79 Å². The van der Waals surface area contributed by atoms with Crippen molar-refractivity contribution in [3.05, 3.63) is 53.9 Å². The van der Waals surface area contributed by atoms with Crippen molar-refractivity contribution in [1.82, 2.24) is 14.6 Å². The highest BCUT2D eigenvalue weighted by molar-refractivity contribution is 5.75. The molecule has 2 heterocycles. The third-order valence-corrected chi connectivity index (χ3v) is 2.84. The molecule has 0 aliphatic heterocycles. The summed E-state index contributed by atoms with van der Waals surface area (Å²) in [6.07, 6.45) is 2.45. The molecule has 3 aromatic rings. The summed E-state index contributed by atoms with van der Waals surface area (Å²) in [5, 5.41) is 4.22. The van der Waals surface area contributed by atoms with Gasteiger partial charge in [-0.1, -0.05) is 29.8 Å². The van der Waals surface area contributed by atoms with Crippen molar-refractivity contribution in [2.45, 2.75) is 6.92 Å².